The van der Waals surface area contributed by atoms with Crippen LogP contribution in [0.4, 0.5) is 4.39 Å². The van der Waals surface area contributed by atoms with Gasteiger partial charge in [0.25, 0.3) is 0 Å². The molecule has 3 aromatic rings. The van der Waals surface area contributed by atoms with Crippen molar-refractivity contribution in [2.75, 3.05) is 0 Å². The van der Waals surface area contributed by atoms with Crippen LogP contribution in [0.2, 0.25) is 0 Å². The quantitative estimate of drug-likeness (QED) is 0.743. The fourth-order valence-electron chi connectivity index (χ4n) is 2.46. The van der Waals surface area contributed by atoms with Gasteiger partial charge < -0.3 is 9.67 Å². The minimum absolute atomic E-state index is 0.123. The first-order valence-electron chi connectivity index (χ1n) is 6.75. The van der Waals surface area contributed by atoms with Crippen LogP contribution in [0.1, 0.15) is 13.3 Å². The number of fused-ring (bicyclic) bond motifs is 1. The van der Waals surface area contributed by atoms with Crippen molar-refractivity contribution in [1.82, 2.24) is 9.55 Å². The Morgan fingerprint density at radius 3 is 2.81 bits per heavy atom. The van der Waals surface area contributed by atoms with Crippen molar-refractivity contribution >= 4 is 27.0 Å². The number of aryl methyl sites for hydroxylation is 1. The smallest absolute Gasteiger partial charge is 0.151 e. The van der Waals surface area contributed by atoms with Gasteiger partial charge in [-0.05, 0) is 36.8 Å². The van der Waals surface area contributed by atoms with E-state index in [1.807, 2.05) is 16.7 Å². The predicted octanol–water partition coefficient (Wildman–Crippen LogP) is 4.72. The van der Waals surface area contributed by atoms with Crippen LogP contribution in [-0.4, -0.2) is 14.7 Å². The zero-order chi connectivity index (χ0) is 15.0. The molecular formula is C16H14BrFN2O. The molecule has 0 fully saturated rings. The van der Waals surface area contributed by atoms with Gasteiger partial charge in [-0.1, -0.05) is 28.9 Å². The second kappa shape index (κ2) is 5.48. The molecule has 0 aliphatic heterocycles. The monoisotopic (exact) mass is 348 g/mol. The number of benzene rings is 2. The predicted molar refractivity (Wildman–Crippen MR) is 84.8 cm³/mol. The molecule has 0 bridgehead atoms. The zero-order valence-electron chi connectivity index (χ0n) is 11.5. The van der Waals surface area contributed by atoms with Gasteiger partial charge in [0, 0.05) is 11.0 Å². The number of imidazole rings is 1. The first-order chi connectivity index (χ1) is 10.1. The molecule has 1 N–H and O–H groups in total. The third kappa shape index (κ3) is 2.42. The average molecular weight is 349 g/mol. The molecule has 0 saturated heterocycles. The topological polar surface area (TPSA) is 38.0 Å². The van der Waals surface area contributed by atoms with Gasteiger partial charge >= 0.3 is 0 Å². The molecule has 0 aliphatic carbocycles. The van der Waals surface area contributed by atoms with E-state index >= 15 is 0 Å². The Bertz CT molecular complexity index is 813. The summed E-state index contributed by atoms with van der Waals surface area (Å²) in [5, 5.41) is 10.2. The van der Waals surface area contributed by atoms with Gasteiger partial charge in [0.05, 0.1) is 11.1 Å². The first kappa shape index (κ1) is 14.1. The van der Waals surface area contributed by atoms with Crippen molar-refractivity contribution in [3.05, 3.63) is 46.7 Å². The average Bonchev–Trinajstić information content (AvgIpc) is 2.80. The molecule has 0 aliphatic rings. The van der Waals surface area contributed by atoms with Gasteiger partial charge in [-0.25, -0.2) is 9.37 Å². The van der Waals surface area contributed by atoms with E-state index in [1.165, 1.54) is 6.07 Å². The van der Waals surface area contributed by atoms with E-state index in [1.54, 1.807) is 18.2 Å². The zero-order valence-corrected chi connectivity index (χ0v) is 13.1. The molecule has 0 amide bonds. The number of aromatic nitrogens is 2. The van der Waals surface area contributed by atoms with E-state index in [0.29, 0.717) is 23.4 Å². The van der Waals surface area contributed by atoms with Crippen LogP contribution in [0.3, 0.4) is 0 Å². The Morgan fingerprint density at radius 1 is 1.29 bits per heavy atom. The van der Waals surface area contributed by atoms with Crippen molar-refractivity contribution < 1.29 is 9.50 Å². The Balaban J connectivity index is 2.30. The van der Waals surface area contributed by atoms with Crippen LogP contribution in [0.15, 0.2) is 40.9 Å². The third-order valence-electron chi connectivity index (χ3n) is 3.38. The highest BCUT2D eigenvalue weighted by atomic mass is 79.9. The van der Waals surface area contributed by atoms with E-state index < -0.39 is 0 Å². The summed E-state index contributed by atoms with van der Waals surface area (Å²) in [6.07, 6.45) is 0.895. The number of phenolic OH excluding ortho intramolecular Hbond substituents is 1. The van der Waals surface area contributed by atoms with Crippen LogP contribution in [0, 0.1) is 5.82 Å². The number of halogens is 2. The number of para-hydroxylation sites is 1. The molecule has 1 aromatic heterocycles. The van der Waals surface area contributed by atoms with Gasteiger partial charge in [0.15, 0.2) is 5.82 Å². The Kier molecular flexibility index (Phi) is 3.68. The molecule has 2 aromatic carbocycles. The highest BCUT2D eigenvalue weighted by molar-refractivity contribution is 9.10. The van der Waals surface area contributed by atoms with Crippen molar-refractivity contribution in [2.45, 2.75) is 19.9 Å². The van der Waals surface area contributed by atoms with E-state index in [2.05, 4.69) is 27.8 Å². The van der Waals surface area contributed by atoms with Crippen LogP contribution >= 0.6 is 15.9 Å². The van der Waals surface area contributed by atoms with Crippen molar-refractivity contribution in [3.8, 4) is 17.1 Å². The molecule has 0 radical (unpaired) electrons. The maximum absolute atomic E-state index is 14.0. The van der Waals surface area contributed by atoms with Crippen molar-refractivity contribution in [3.63, 3.8) is 0 Å². The summed E-state index contributed by atoms with van der Waals surface area (Å²) in [4.78, 5) is 4.40. The lowest BCUT2D eigenvalue weighted by Gasteiger charge is -2.09. The number of phenols is 1. The minimum atomic E-state index is -0.347. The molecule has 0 spiro atoms. The van der Waals surface area contributed by atoms with E-state index in [0.717, 1.165) is 16.4 Å². The second-order valence-corrected chi connectivity index (χ2v) is 5.77. The van der Waals surface area contributed by atoms with Gasteiger partial charge in [-0.2, -0.15) is 0 Å². The first-order valence-corrected chi connectivity index (χ1v) is 7.54. The molecule has 21 heavy (non-hydrogen) atoms. The summed E-state index contributed by atoms with van der Waals surface area (Å²) >= 11 is 3.32. The van der Waals surface area contributed by atoms with Gasteiger partial charge in [-0.15, -0.1) is 0 Å². The molecule has 3 rings (SSSR count). The van der Waals surface area contributed by atoms with Gasteiger partial charge in [-0.3, -0.25) is 0 Å². The largest absolute Gasteiger partial charge is 0.507 e. The Labute approximate surface area is 130 Å². The standard InChI is InChI=1S/C16H14BrFN2O/c1-2-8-20-13-5-3-4-12(18)15(13)19-16(20)11-7-6-10(17)9-14(11)21/h3-7,9,21H,2,8H2,1H3. The van der Waals surface area contributed by atoms with Crippen LogP contribution in [-0.2, 0) is 6.54 Å². The number of nitrogens with zero attached hydrogens (tertiary/aromatic N) is 2. The normalized spacial score (nSPS) is 11.2. The molecule has 5 heteroatoms. The molecule has 0 saturated carbocycles. The Morgan fingerprint density at radius 2 is 2.10 bits per heavy atom. The lowest BCUT2D eigenvalue weighted by atomic mass is 10.2. The fourth-order valence-corrected chi connectivity index (χ4v) is 2.81. The maximum Gasteiger partial charge on any atom is 0.151 e. The molecule has 3 nitrogen and oxygen atoms in total. The molecule has 0 unspecified atom stereocenters. The van der Waals surface area contributed by atoms with E-state index in [-0.39, 0.29) is 11.6 Å². The minimum Gasteiger partial charge on any atom is -0.507 e. The number of hydrogen-bond donors (Lipinski definition) is 1. The summed E-state index contributed by atoms with van der Waals surface area (Å²) in [6, 6.07) is 10.2. The summed E-state index contributed by atoms with van der Waals surface area (Å²) in [5.41, 5.74) is 1.68. The summed E-state index contributed by atoms with van der Waals surface area (Å²) in [7, 11) is 0. The number of rotatable bonds is 3. The highest BCUT2D eigenvalue weighted by Gasteiger charge is 2.17. The van der Waals surface area contributed by atoms with Crippen LogP contribution < -0.4 is 0 Å². The van der Waals surface area contributed by atoms with Crippen LogP contribution in [0.5, 0.6) is 5.75 Å². The lowest BCUT2D eigenvalue weighted by Crippen LogP contribution is -1.99. The molecular weight excluding hydrogens is 335 g/mol. The summed E-state index contributed by atoms with van der Waals surface area (Å²) in [6.45, 7) is 2.77. The van der Waals surface area contributed by atoms with Crippen LogP contribution in [0.25, 0.3) is 22.4 Å². The van der Waals surface area contributed by atoms with Crippen molar-refractivity contribution in [2.24, 2.45) is 0 Å². The highest BCUT2D eigenvalue weighted by Crippen LogP contribution is 2.33. The maximum atomic E-state index is 14.0. The fraction of sp³-hybridized carbons (Fsp3) is 0.188. The summed E-state index contributed by atoms with van der Waals surface area (Å²) in [5.74, 6) is 0.361. The molecule has 0 atom stereocenters. The lowest BCUT2D eigenvalue weighted by molar-refractivity contribution is 0.476. The number of aromatic hydroxyl groups is 1. The van der Waals surface area contributed by atoms with Gasteiger partial charge in [0.1, 0.15) is 17.1 Å². The van der Waals surface area contributed by atoms with E-state index in [4.69, 9.17) is 0 Å². The molecule has 108 valence electrons. The summed E-state index contributed by atoms with van der Waals surface area (Å²) < 4.78 is 16.7. The van der Waals surface area contributed by atoms with E-state index in [9.17, 15) is 9.50 Å². The number of hydrogen-bond acceptors (Lipinski definition) is 2. The Hall–Kier alpha value is -1.88. The second-order valence-electron chi connectivity index (χ2n) is 4.86. The third-order valence-corrected chi connectivity index (χ3v) is 3.87. The van der Waals surface area contributed by atoms with Crippen molar-refractivity contribution in [1.29, 1.82) is 0 Å². The SMILES string of the molecule is CCCn1c(-c2ccc(Br)cc2O)nc2c(F)cccc21. The van der Waals surface area contributed by atoms with Gasteiger partial charge in [0.2, 0.25) is 0 Å². The molecule has 1 heterocycles.